The molecule has 4 aliphatic rings. The third-order valence-electron chi connectivity index (χ3n) is 9.50. The van der Waals surface area contributed by atoms with Gasteiger partial charge in [0.15, 0.2) is 16.9 Å². The van der Waals surface area contributed by atoms with E-state index in [1.54, 1.807) is 0 Å². The fourth-order valence-electron chi connectivity index (χ4n) is 8.19. The number of aliphatic hydroxyl groups is 1. The predicted octanol–water partition coefficient (Wildman–Crippen LogP) is 5.27. The first-order chi connectivity index (χ1) is 18.8. The molecule has 1 aliphatic carbocycles. The Balaban J connectivity index is 1.68. The smallest absolute Gasteiger partial charge is 0.314 e. The van der Waals surface area contributed by atoms with Gasteiger partial charge in [0, 0.05) is 24.4 Å². The van der Waals surface area contributed by atoms with Crippen molar-refractivity contribution >= 4 is 11.8 Å². The standard InChI is InChI=1S/C33H34N2O4/c1-20-13-15-24(16-14-20)31-28(23-10-6-5-7-11-23)29(30(36)38-4)33(37)32(31,34-26-12-8-9-17-35(26)33)27-22(3)18-21(2)19-25(27)39-31/h5-7,10-11,13-16,18-19,28-29,37H,8-9,12,17H2,1-4H3/t28-,29+,31+,32-,33-/m1/s1. The molecule has 0 radical (unpaired) electrons. The van der Waals surface area contributed by atoms with E-state index in [4.69, 9.17) is 14.5 Å². The Morgan fingerprint density at radius 3 is 2.49 bits per heavy atom. The number of carbonyl (C=O) groups is 1. The minimum Gasteiger partial charge on any atom is -0.478 e. The van der Waals surface area contributed by atoms with Crippen molar-refractivity contribution in [2.45, 2.75) is 62.8 Å². The molecule has 7 rings (SSSR count). The van der Waals surface area contributed by atoms with E-state index in [2.05, 4.69) is 57.2 Å². The number of hydrogen-bond donors (Lipinski definition) is 1. The SMILES string of the molecule is COC(=O)[C@@H]1[C@@H](c2ccccc2)[C@]2(c3ccc(C)cc3)Oc3cc(C)cc(C)c3[C@@]23N=C2CCCCN2[C@@]13O. The minimum atomic E-state index is -1.69. The van der Waals surface area contributed by atoms with Crippen LogP contribution in [0.1, 0.15) is 58.6 Å². The van der Waals surface area contributed by atoms with Gasteiger partial charge in [-0.3, -0.25) is 9.79 Å². The average molecular weight is 523 g/mol. The van der Waals surface area contributed by atoms with Crippen LogP contribution in [-0.2, 0) is 20.7 Å². The molecule has 3 aromatic rings. The van der Waals surface area contributed by atoms with Crippen molar-refractivity contribution in [1.82, 2.24) is 4.90 Å². The van der Waals surface area contributed by atoms with Crippen molar-refractivity contribution in [1.29, 1.82) is 0 Å². The first-order valence-corrected chi connectivity index (χ1v) is 13.9. The second-order valence-electron chi connectivity index (χ2n) is 11.6. The van der Waals surface area contributed by atoms with E-state index in [0.29, 0.717) is 6.54 Å². The number of aliphatic imine (C=N–C) groups is 1. The molecule has 1 saturated heterocycles. The Labute approximate surface area is 229 Å². The molecule has 1 spiro atoms. The molecule has 3 aromatic carbocycles. The van der Waals surface area contributed by atoms with Gasteiger partial charge < -0.3 is 19.5 Å². The van der Waals surface area contributed by atoms with Gasteiger partial charge >= 0.3 is 5.97 Å². The lowest BCUT2D eigenvalue weighted by Gasteiger charge is -2.45. The number of fused-ring (bicyclic) bond motifs is 3. The van der Waals surface area contributed by atoms with E-state index in [-0.39, 0.29) is 0 Å². The third kappa shape index (κ3) is 2.80. The summed E-state index contributed by atoms with van der Waals surface area (Å²) in [6.07, 6.45) is 2.65. The Bertz CT molecular complexity index is 1520. The molecule has 5 atom stereocenters. The van der Waals surface area contributed by atoms with Gasteiger partial charge in [-0.2, -0.15) is 0 Å². The second-order valence-corrected chi connectivity index (χ2v) is 11.6. The Morgan fingerprint density at radius 2 is 1.77 bits per heavy atom. The van der Waals surface area contributed by atoms with Crippen LogP contribution in [0.2, 0.25) is 0 Å². The van der Waals surface area contributed by atoms with Crippen molar-refractivity contribution in [3.63, 3.8) is 0 Å². The van der Waals surface area contributed by atoms with Gasteiger partial charge in [0.2, 0.25) is 0 Å². The molecule has 3 heterocycles. The quantitative estimate of drug-likeness (QED) is 0.475. The number of piperidine rings is 1. The second kappa shape index (κ2) is 8.18. The van der Waals surface area contributed by atoms with Crippen LogP contribution >= 0.6 is 0 Å². The zero-order valence-corrected chi connectivity index (χ0v) is 22.9. The summed E-state index contributed by atoms with van der Waals surface area (Å²) in [6, 6.07) is 22.5. The monoisotopic (exact) mass is 522 g/mol. The maximum absolute atomic E-state index is 14.0. The summed E-state index contributed by atoms with van der Waals surface area (Å²) in [5, 5.41) is 13.4. The Kier molecular flexibility index (Phi) is 5.12. The van der Waals surface area contributed by atoms with Crippen LogP contribution in [0.3, 0.4) is 0 Å². The van der Waals surface area contributed by atoms with E-state index in [9.17, 15) is 9.90 Å². The normalized spacial score (nSPS) is 32.0. The summed E-state index contributed by atoms with van der Waals surface area (Å²) < 4.78 is 12.8. The van der Waals surface area contributed by atoms with Crippen molar-refractivity contribution in [2.75, 3.05) is 13.7 Å². The molecule has 6 heteroatoms. The zero-order chi connectivity index (χ0) is 27.2. The topological polar surface area (TPSA) is 71.4 Å². The number of aryl methyl sites for hydroxylation is 3. The number of methoxy groups -OCH3 is 1. The number of amidine groups is 1. The molecule has 6 nitrogen and oxygen atoms in total. The lowest BCUT2D eigenvalue weighted by atomic mass is 9.67. The maximum atomic E-state index is 14.0. The summed E-state index contributed by atoms with van der Waals surface area (Å²) in [7, 11) is 1.41. The number of benzene rings is 3. The summed E-state index contributed by atoms with van der Waals surface area (Å²) >= 11 is 0. The Morgan fingerprint density at radius 1 is 1.03 bits per heavy atom. The van der Waals surface area contributed by atoms with Gasteiger partial charge in [0.25, 0.3) is 0 Å². The highest BCUT2D eigenvalue weighted by molar-refractivity contribution is 5.91. The van der Waals surface area contributed by atoms with Crippen molar-refractivity contribution in [3.8, 4) is 5.75 Å². The number of esters is 1. The van der Waals surface area contributed by atoms with Gasteiger partial charge in [0.05, 0.1) is 7.11 Å². The molecule has 0 unspecified atom stereocenters. The molecule has 2 fully saturated rings. The van der Waals surface area contributed by atoms with Crippen molar-refractivity contribution < 1.29 is 19.4 Å². The summed E-state index contributed by atoms with van der Waals surface area (Å²) in [5.41, 5.74) is 1.71. The molecule has 200 valence electrons. The van der Waals surface area contributed by atoms with E-state index >= 15 is 0 Å². The summed E-state index contributed by atoms with van der Waals surface area (Å²) in [5.74, 6) is -0.404. The van der Waals surface area contributed by atoms with Crippen LogP contribution in [0.4, 0.5) is 0 Å². The van der Waals surface area contributed by atoms with Crippen LogP contribution in [-0.4, -0.2) is 41.2 Å². The van der Waals surface area contributed by atoms with Gasteiger partial charge in [-0.05, 0) is 61.9 Å². The number of nitrogens with zero attached hydrogens (tertiary/aromatic N) is 2. The highest BCUT2D eigenvalue weighted by Gasteiger charge is 2.88. The molecule has 0 amide bonds. The lowest BCUT2D eigenvalue weighted by Crippen LogP contribution is -2.63. The molecule has 1 saturated carbocycles. The largest absolute Gasteiger partial charge is 0.478 e. The number of carbonyl (C=O) groups excluding carboxylic acids is 1. The van der Waals surface area contributed by atoms with Gasteiger partial charge in [-0.15, -0.1) is 0 Å². The van der Waals surface area contributed by atoms with Crippen LogP contribution in [0.5, 0.6) is 5.75 Å². The predicted molar refractivity (Wildman–Crippen MR) is 149 cm³/mol. The molecule has 39 heavy (non-hydrogen) atoms. The highest BCUT2D eigenvalue weighted by Crippen LogP contribution is 2.76. The number of hydrogen-bond acceptors (Lipinski definition) is 6. The van der Waals surface area contributed by atoms with Crippen molar-refractivity contribution in [3.05, 3.63) is 100 Å². The molecular weight excluding hydrogens is 488 g/mol. The molecule has 3 aliphatic heterocycles. The lowest BCUT2D eigenvalue weighted by molar-refractivity contribution is -0.177. The minimum absolute atomic E-state index is 0.455. The average Bonchev–Trinajstić information content (AvgIpc) is 3.44. The van der Waals surface area contributed by atoms with E-state index in [1.165, 1.54) is 7.11 Å². The van der Waals surface area contributed by atoms with Gasteiger partial charge in [-0.25, -0.2) is 0 Å². The fourth-order valence-corrected chi connectivity index (χ4v) is 8.19. The maximum Gasteiger partial charge on any atom is 0.314 e. The van der Waals surface area contributed by atoms with E-state index in [1.807, 2.05) is 35.2 Å². The van der Waals surface area contributed by atoms with Crippen molar-refractivity contribution in [2.24, 2.45) is 10.9 Å². The third-order valence-corrected chi connectivity index (χ3v) is 9.50. The van der Waals surface area contributed by atoms with Gasteiger partial charge in [-0.1, -0.05) is 66.2 Å². The fraction of sp³-hybridized carbons (Fsp3) is 0.394. The van der Waals surface area contributed by atoms with Crippen LogP contribution < -0.4 is 4.74 Å². The summed E-state index contributed by atoms with van der Waals surface area (Å²) in [6.45, 7) is 6.80. The number of ether oxygens (including phenoxy) is 2. The van der Waals surface area contributed by atoms with E-state index in [0.717, 1.165) is 64.2 Å². The molecule has 0 aromatic heterocycles. The van der Waals surface area contributed by atoms with Crippen LogP contribution in [0.25, 0.3) is 0 Å². The van der Waals surface area contributed by atoms with Gasteiger partial charge in [0.1, 0.15) is 17.5 Å². The van der Waals surface area contributed by atoms with Crippen LogP contribution in [0, 0.1) is 26.7 Å². The summed E-state index contributed by atoms with van der Waals surface area (Å²) in [4.78, 5) is 21.6. The molecule has 1 N–H and O–H groups in total. The van der Waals surface area contributed by atoms with E-state index < -0.39 is 34.7 Å². The Hall–Kier alpha value is -3.64. The number of rotatable bonds is 3. The first kappa shape index (κ1) is 24.4. The zero-order valence-electron chi connectivity index (χ0n) is 22.9. The first-order valence-electron chi connectivity index (χ1n) is 13.9. The molecular formula is C33H34N2O4. The van der Waals surface area contributed by atoms with Crippen LogP contribution in [0.15, 0.2) is 71.7 Å². The molecule has 0 bridgehead atoms. The highest BCUT2D eigenvalue weighted by atomic mass is 16.5.